The van der Waals surface area contributed by atoms with Gasteiger partial charge < -0.3 is 15.2 Å². The van der Waals surface area contributed by atoms with Crippen molar-refractivity contribution in [3.63, 3.8) is 0 Å². The zero-order valence-electron chi connectivity index (χ0n) is 11.5. The van der Waals surface area contributed by atoms with Gasteiger partial charge in [-0.25, -0.2) is 0 Å². The summed E-state index contributed by atoms with van der Waals surface area (Å²) in [7, 11) is 0. The molecule has 0 aromatic heterocycles. The number of hydrogen-bond acceptors (Lipinski definition) is 3. The summed E-state index contributed by atoms with van der Waals surface area (Å²) in [5, 5.41) is 12.9. The number of nitrogens with one attached hydrogen (secondary N) is 1. The maximum atomic E-state index is 9.69. The molecule has 0 fully saturated rings. The normalized spacial score (nSPS) is 12.6. The number of hydrogen-bond donors (Lipinski definition) is 2. The average molecular weight is 251 g/mol. The van der Waals surface area contributed by atoms with E-state index in [4.69, 9.17) is 4.74 Å². The minimum atomic E-state index is -0.424. The fourth-order valence-corrected chi connectivity index (χ4v) is 1.73. The first-order valence-corrected chi connectivity index (χ1v) is 6.74. The van der Waals surface area contributed by atoms with Gasteiger partial charge in [-0.3, -0.25) is 0 Å². The number of benzene rings is 1. The Balaban J connectivity index is 2.09. The highest BCUT2D eigenvalue weighted by atomic mass is 16.5. The second-order valence-electron chi connectivity index (χ2n) is 4.70. The van der Waals surface area contributed by atoms with Gasteiger partial charge in [-0.2, -0.15) is 0 Å². The van der Waals surface area contributed by atoms with E-state index in [9.17, 15) is 5.11 Å². The van der Waals surface area contributed by atoms with Crippen molar-refractivity contribution in [1.82, 2.24) is 5.32 Å². The molecule has 1 aromatic rings. The molecule has 2 N–H and O–H groups in total. The molecule has 1 aromatic carbocycles. The highest BCUT2D eigenvalue weighted by molar-refractivity contribution is 5.21. The number of aliphatic hydroxyl groups is 1. The molecule has 1 atom stereocenters. The summed E-state index contributed by atoms with van der Waals surface area (Å²) in [6, 6.07) is 8.37. The van der Waals surface area contributed by atoms with Gasteiger partial charge in [0, 0.05) is 19.7 Å². The molecule has 0 heterocycles. The van der Waals surface area contributed by atoms with Gasteiger partial charge >= 0.3 is 0 Å². The van der Waals surface area contributed by atoms with Crippen molar-refractivity contribution in [2.24, 2.45) is 0 Å². The van der Waals surface area contributed by atoms with Crippen LogP contribution in [0.5, 0.6) is 0 Å². The first-order valence-electron chi connectivity index (χ1n) is 6.74. The third-order valence-corrected chi connectivity index (χ3v) is 2.74. The molecule has 0 bridgehead atoms. The van der Waals surface area contributed by atoms with Crippen LogP contribution in [0.25, 0.3) is 0 Å². The van der Waals surface area contributed by atoms with Gasteiger partial charge in [0.25, 0.3) is 0 Å². The second kappa shape index (κ2) is 9.09. The quantitative estimate of drug-likeness (QED) is 0.662. The summed E-state index contributed by atoms with van der Waals surface area (Å²) in [5.41, 5.74) is 2.51. The molecular formula is C15H25NO2. The molecule has 1 unspecified atom stereocenters. The lowest BCUT2D eigenvalue weighted by Crippen LogP contribution is -2.30. The van der Waals surface area contributed by atoms with E-state index in [-0.39, 0.29) is 0 Å². The molecule has 0 aliphatic heterocycles. The minimum Gasteiger partial charge on any atom is -0.389 e. The van der Waals surface area contributed by atoms with Crippen molar-refractivity contribution >= 4 is 0 Å². The van der Waals surface area contributed by atoms with Crippen molar-refractivity contribution in [3.05, 3.63) is 35.4 Å². The Hall–Kier alpha value is -0.900. The average Bonchev–Trinajstić information content (AvgIpc) is 2.35. The highest BCUT2D eigenvalue weighted by Gasteiger charge is 2.03. The Morgan fingerprint density at radius 1 is 1.39 bits per heavy atom. The first-order chi connectivity index (χ1) is 8.72. The lowest BCUT2D eigenvalue weighted by molar-refractivity contribution is 0.0358. The largest absolute Gasteiger partial charge is 0.389 e. The van der Waals surface area contributed by atoms with Gasteiger partial charge in [0.15, 0.2) is 0 Å². The van der Waals surface area contributed by atoms with E-state index in [1.54, 1.807) is 0 Å². The molecule has 0 aliphatic rings. The van der Waals surface area contributed by atoms with Gasteiger partial charge in [0.1, 0.15) is 0 Å². The van der Waals surface area contributed by atoms with Crippen LogP contribution in [0, 0.1) is 6.92 Å². The summed E-state index contributed by atoms with van der Waals surface area (Å²) < 4.78 is 5.37. The Morgan fingerprint density at radius 3 is 2.94 bits per heavy atom. The number of unbranched alkanes of at least 4 members (excludes halogenated alkanes) is 1. The molecule has 0 radical (unpaired) electrons. The summed E-state index contributed by atoms with van der Waals surface area (Å²) in [5.74, 6) is 0. The van der Waals surface area contributed by atoms with Crippen molar-refractivity contribution in [3.8, 4) is 0 Å². The van der Waals surface area contributed by atoms with Gasteiger partial charge in [-0.05, 0) is 18.9 Å². The molecule has 102 valence electrons. The van der Waals surface area contributed by atoms with E-state index < -0.39 is 6.10 Å². The van der Waals surface area contributed by atoms with E-state index in [1.807, 2.05) is 0 Å². The Bertz CT molecular complexity index is 328. The van der Waals surface area contributed by atoms with Crippen LogP contribution in [0.15, 0.2) is 24.3 Å². The van der Waals surface area contributed by atoms with E-state index in [0.717, 1.165) is 26.0 Å². The summed E-state index contributed by atoms with van der Waals surface area (Å²) in [6.45, 7) is 6.73. The van der Waals surface area contributed by atoms with Gasteiger partial charge in [0.05, 0.1) is 12.7 Å². The Kier molecular flexibility index (Phi) is 7.65. The van der Waals surface area contributed by atoms with E-state index >= 15 is 0 Å². The minimum absolute atomic E-state index is 0.417. The van der Waals surface area contributed by atoms with E-state index in [0.29, 0.717) is 13.2 Å². The monoisotopic (exact) mass is 251 g/mol. The number of aliphatic hydroxyl groups excluding tert-OH is 1. The highest BCUT2D eigenvalue weighted by Crippen LogP contribution is 2.03. The zero-order valence-corrected chi connectivity index (χ0v) is 11.5. The third-order valence-electron chi connectivity index (χ3n) is 2.74. The van der Waals surface area contributed by atoms with Crippen LogP contribution in [-0.2, 0) is 11.3 Å². The molecule has 3 heteroatoms. The van der Waals surface area contributed by atoms with Gasteiger partial charge in [-0.1, -0.05) is 43.2 Å². The third kappa shape index (κ3) is 6.74. The van der Waals surface area contributed by atoms with Gasteiger partial charge in [0.2, 0.25) is 0 Å². The Morgan fingerprint density at radius 2 is 2.22 bits per heavy atom. The molecule has 0 aliphatic carbocycles. The van der Waals surface area contributed by atoms with Crippen LogP contribution in [0.2, 0.25) is 0 Å². The van der Waals surface area contributed by atoms with E-state index in [1.165, 1.54) is 11.1 Å². The van der Waals surface area contributed by atoms with Crippen molar-refractivity contribution < 1.29 is 9.84 Å². The van der Waals surface area contributed by atoms with Crippen molar-refractivity contribution in [1.29, 1.82) is 0 Å². The smallest absolute Gasteiger partial charge is 0.0897 e. The number of ether oxygens (including phenoxy) is 1. The van der Waals surface area contributed by atoms with Gasteiger partial charge in [-0.15, -0.1) is 0 Å². The standard InChI is InChI=1S/C15H25NO2/c1-3-4-8-18-12-15(17)11-16-10-14-7-5-6-13(2)9-14/h5-7,9,15-17H,3-4,8,10-12H2,1-2H3. The summed E-state index contributed by atoms with van der Waals surface area (Å²) in [4.78, 5) is 0. The van der Waals surface area contributed by atoms with Crippen LogP contribution < -0.4 is 5.32 Å². The van der Waals surface area contributed by atoms with Crippen LogP contribution in [-0.4, -0.2) is 31.0 Å². The van der Waals surface area contributed by atoms with Crippen LogP contribution in [0.4, 0.5) is 0 Å². The molecule has 0 amide bonds. The fraction of sp³-hybridized carbons (Fsp3) is 0.600. The van der Waals surface area contributed by atoms with E-state index in [2.05, 4.69) is 43.4 Å². The topological polar surface area (TPSA) is 41.5 Å². The maximum Gasteiger partial charge on any atom is 0.0897 e. The lowest BCUT2D eigenvalue weighted by atomic mass is 10.1. The molecular weight excluding hydrogens is 226 g/mol. The first kappa shape index (κ1) is 15.2. The lowest BCUT2D eigenvalue weighted by Gasteiger charge is -2.12. The fourth-order valence-electron chi connectivity index (χ4n) is 1.73. The number of rotatable bonds is 9. The predicted octanol–water partition coefficient (Wildman–Crippen LogP) is 2.26. The molecule has 0 saturated heterocycles. The molecule has 18 heavy (non-hydrogen) atoms. The van der Waals surface area contributed by atoms with Crippen molar-refractivity contribution in [2.75, 3.05) is 19.8 Å². The van der Waals surface area contributed by atoms with Crippen LogP contribution >= 0.6 is 0 Å². The van der Waals surface area contributed by atoms with Crippen LogP contribution in [0.3, 0.4) is 0 Å². The number of aryl methyl sites for hydroxylation is 1. The molecule has 3 nitrogen and oxygen atoms in total. The molecule has 1 rings (SSSR count). The molecule has 0 saturated carbocycles. The predicted molar refractivity (Wildman–Crippen MR) is 74.6 cm³/mol. The molecule has 0 spiro atoms. The SMILES string of the molecule is CCCCOCC(O)CNCc1cccc(C)c1. The maximum absolute atomic E-state index is 9.69. The zero-order chi connectivity index (χ0) is 13.2. The summed E-state index contributed by atoms with van der Waals surface area (Å²) in [6.07, 6.45) is 1.76. The van der Waals surface area contributed by atoms with Crippen LogP contribution in [0.1, 0.15) is 30.9 Å². The summed E-state index contributed by atoms with van der Waals surface area (Å²) >= 11 is 0. The second-order valence-corrected chi connectivity index (χ2v) is 4.70. The Labute approximate surface area is 110 Å². The van der Waals surface area contributed by atoms with Crippen molar-refractivity contribution in [2.45, 2.75) is 39.3 Å².